The summed E-state index contributed by atoms with van der Waals surface area (Å²) in [5.74, 6) is 0.378. The van der Waals surface area contributed by atoms with Crippen LogP contribution in [0.5, 0.6) is 0 Å². The van der Waals surface area contributed by atoms with Gasteiger partial charge in [-0.25, -0.2) is 0 Å². The van der Waals surface area contributed by atoms with Crippen molar-refractivity contribution < 1.29 is 9.53 Å². The molecule has 1 saturated carbocycles. The Bertz CT molecular complexity index is 233. The second-order valence-electron chi connectivity index (χ2n) is 4.77. The maximum Gasteiger partial charge on any atom is 0.152 e. The number of carbonyl (C=O) groups excluding carboxylic acids is 1. The van der Waals surface area contributed by atoms with Gasteiger partial charge in [-0.2, -0.15) is 0 Å². The van der Waals surface area contributed by atoms with Crippen molar-refractivity contribution in [2.75, 3.05) is 6.61 Å². The number of nitrogens with two attached hydrogens (primary N) is 1. The van der Waals surface area contributed by atoms with Gasteiger partial charge in [0.25, 0.3) is 0 Å². The smallest absolute Gasteiger partial charge is 0.152 e. The highest BCUT2D eigenvalue weighted by Crippen LogP contribution is 2.44. The van der Waals surface area contributed by atoms with Crippen LogP contribution in [-0.4, -0.2) is 24.0 Å². The lowest BCUT2D eigenvalue weighted by Gasteiger charge is -2.47. The SMILES string of the molecule is CC(N)C(=O)C1CCOC2(CCC2)C1. The Morgan fingerprint density at radius 2 is 2.29 bits per heavy atom. The molecule has 2 unspecified atom stereocenters. The van der Waals surface area contributed by atoms with Crippen molar-refractivity contribution in [1.29, 1.82) is 0 Å². The Balaban J connectivity index is 1.97. The van der Waals surface area contributed by atoms with Crippen LogP contribution in [0.2, 0.25) is 0 Å². The van der Waals surface area contributed by atoms with E-state index in [9.17, 15) is 4.79 Å². The number of rotatable bonds is 2. The van der Waals surface area contributed by atoms with Crippen molar-refractivity contribution in [2.45, 2.75) is 50.7 Å². The monoisotopic (exact) mass is 197 g/mol. The van der Waals surface area contributed by atoms with E-state index in [-0.39, 0.29) is 23.3 Å². The summed E-state index contributed by atoms with van der Waals surface area (Å²) in [6.07, 6.45) is 5.29. The molecule has 0 bridgehead atoms. The van der Waals surface area contributed by atoms with Gasteiger partial charge in [0.05, 0.1) is 11.6 Å². The number of carbonyl (C=O) groups is 1. The molecule has 14 heavy (non-hydrogen) atoms. The van der Waals surface area contributed by atoms with E-state index < -0.39 is 0 Å². The van der Waals surface area contributed by atoms with Gasteiger partial charge in [-0.1, -0.05) is 0 Å². The molecule has 2 aliphatic rings. The van der Waals surface area contributed by atoms with Crippen LogP contribution in [0.1, 0.15) is 39.0 Å². The highest BCUT2D eigenvalue weighted by Gasteiger charge is 2.44. The Morgan fingerprint density at radius 1 is 1.57 bits per heavy atom. The molecule has 0 radical (unpaired) electrons. The van der Waals surface area contributed by atoms with Crippen molar-refractivity contribution in [3.05, 3.63) is 0 Å². The Hall–Kier alpha value is -0.410. The van der Waals surface area contributed by atoms with Crippen molar-refractivity contribution in [3.63, 3.8) is 0 Å². The molecule has 1 heterocycles. The van der Waals surface area contributed by atoms with Crippen LogP contribution in [0, 0.1) is 5.92 Å². The molecule has 0 aromatic heterocycles. The molecule has 1 saturated heterocycles. The number of ketones is 1. The van der Waals surface area contributed by atoms with Gasteiger partial charge in [0, 0.05) is 12.5 Å². The second kappa shape index (κ2) is 3.63. The Labute approximate surface area is 85.0 Å². The largest absolute Gasteiger partial charge is 0.375 e. The van der Waals surface area contributed by atoms with Gasteiger partial charge in [-0.3, -0.25) is 4.79 Å². The molecule has 3 heteroatoms. The number of Topliss-reactive ketones (excluding diaryl/α,β-unsaturated/α-hetero) is 1. The second-order valence-corrected chi connectivity index (χ2v) is 4.77. The van der Waals surface area contributed by atoms with Crippen molar-refractivity contribution in [2.24, 2.45) is 11.7 Å². The molecule has 1 spiro atoms. The third-order valence-electron chi connectivity index (χ3n) is 3.61. The summed E-state index contributed by atoms with van der Waals surface area (Å²) in [6, 6.07) is -0.310. The average molecular weight is 197 g/mol. The fourth-order valence-corrected chi connectivity index (χ4v) is 2.56. The van der Waals surface area contributed by atoms with E-state index >= 15 is 0 Å². The molecule has 2 atom stereocenters. The first kappa shape index (κ1) is 10.1. The van der Waals surface area contributed by atoms with Crippen LogP contribution in [0.4, 0.5) is 0 Å². The third kappa shape index (κ3) is 1.71. The van der Waals surface area contributed by atoms with Gasteiger partial charge in [0.1, 0.15) is 0 Å². The van der Waals surface area contributed by atoms with Gasteiger partial charge < -0.3 is 10.5 Å². The summed E-state index contributed by atoms with van der Waals surface area (Å²) in [4.78, 5) is 11.7. The van der Waals surface area contributed by atoms with Crippen LogP contribution in [0.15, 0.2) is 0 Å². The van der Waals surface area contributed by atoms with E-state index in [4.69, 9.17) is 10.5 Å². The lowest BCUT2D eigenvalue weighted by molar-refractivity contribution is -0.156. The van der Waals surface area contributed by atoms with Gasteiger partial charge in [-0.15, -0.1) is 0 Å². The minimum absolute atomic E-state index is 0.0630. The topological polar surface area (TPSA) is 52.3 Å². The van der Waals surface area contributed by atoms with Crippen LogP contribution in [0.3, 0.4) is 0 Å². The predicted molar refractivity (Wildman–Crippen MR) is 53.9 cm³/mol. The zero-order valence-electron chi connectivity index (χ0n) is 8.79. The molecule has 80 valence electrons. The van der Waals surface area contributed by atoms with Gasteiger partial charge in [-0.05, 0) is 39.0 Å². The minimum Gasteiger partial charge on any atom is -0.375 e. The zero-order valence-corrected chi connectivity index (χ0v) is 8.79. The maximum atomic E-state index is 11.7. The summed E-state index contributed by atoms with van der Waals surface area (Å²) >= 11 is 0. The molecular formula is C11H19NO2. The molecule has 1 aliphatic carbocycles. The van der Waals surface area contributed by atoms with E-state index in [1.165, 1.54) is 6.42 Å². The summed E-state index contributed by atoms with van der Waals surface area (Å²) in [5.41, 5.74) is 5.69. The number of hydrogen-bond acceptors (Lipinski definition) is 3. The molecule has 2 rings (SSSR count). The van der Waals surface area contributed by atoms with Crippen LogP contribution in [-0.2, 0) is 9.53 Å². The maximum absolute atomic E-state index is 11.7. The molecule has 3 nitrogen and oxygen atoms in total. The summed E-state index contributed by atoms with van der Waals surface area (Å²) in [7, 11) is 0. The normalized spacial score (nSPS) is 32.3. The highest BCUT2D eigenvalue weighted by molar-refractivity contribution is 5.85. The average Bonchev–Trinajstić information content (AvgIpc) is 2.14. The van der Waals surface area contributed by atoms with Crippen molar-refractivity contribution in [3.8, 4) is 0 Å². The van der Waals surface area contributed by atoms with Gasteiger partial charge in [0.15, 0.2) is 5.78 Å². The zero-order chi connectivity index (χ0) is 10.2. The molecule has 0 aromatic carbocycles. The van der Waals surface area contributed by atoms with E-state index in [1.807, 2.05) is 0 Å². The van der Waals surface area contributed by atoms with Gasteiger partial charge in [0.2, 0.25) is 0 Å². The third-order valence-corrected chi connectivity index (χ3v) is 3.61. The molecule has 2 N–H and O–H groups in total. The highest BCUT2D eigenvalue weighted by atomic mass is 16.5. The number of ether oxygens (including phenoxy) is 1. The van der Waals surface area contributed by atoms with Crippen molar-refractivity contribution >= 4 is 5.78 Å². The van der Waals surface area contributed by atoms with E-state index in [1.54, 1.807) is 6.92 Å². The summed E-state index contributed by atoms with van der Waals surface area (Å²) in [5, 5.41) is 0. The first-order valence-electron chi connectivity index (χ1n) is 5.56. The van der Waals surface area contributed by atoms with Crippen LogP contribution in [0.25, 0.3) is 0 Å². The molecule has 0 amide bonds. The van der Waals surface area contributed by atoms with E-state index in [2.05, 4.69) is 0 Å². The number of hydrogen-bond donors (Lipinski definition) is 1. The minimum atomic E-state index is -0.310. The standard InChI is InChI=1S/C11H19NO2/c1-8(12)10(13)9-3-6-14-11(7-9)4-2-5-11/h8-9H,2-7,12H2,1H3. The van der Waals surface area contributed by atoms with Crippen LogP contribution >= 0.6 is 0 Å². The fourth-order valence-electron chi connectivity index (χ4n) is 2.56. The first-order valence-corrected chi connectivity index (χ1v) is 5.56. The quantitative estimate of drug-likeness (QED) is 0.725. The summed E-state index contributed by atoms with van der Waals surface area (Å²) in [6.45, 7) is 2.52. The fraction of sp³-hybridized carbons (Fsp3) is 0.909. The Kier molecular flexibility index (Phi) is 2.62. The summed E-state index contributed by atoms with van der Waals surface area (Å²) < 4.78 is 5.77. The lowest BCUT2D eigenvalue weighted by atomic mass is 9.70. The first-order chi connectivity index (χ1) is 6.63. The Morgan fingerprint density at radius 3 is 2.79 bits per heavy atom. The van der Waals surface area contributed by atoms with Crippen molar-refractivity contribution in [1.82, 2.24) is 0 Å². The molecule has 2 fully saturated rings. The lowest BCUT2D eigenvalue weighted by Crippen LogP contribution is -2.48. The van der Waals surface area contributed by atoms with Gasteiger partial charge >= 0.3 is 0 Å². The molecule has 1 aliphatic heterocycles. The van der Waals surface area contributed by atoms with E-state index in [0.29, 0.717) is 0 Å². The predicted octanol–water partition coefficient (Wildman–Crippen LogP) is 1.25. The molecular weight excluding hydrogens is 178 g/mol. The van der Waals surface area contributed by atoms with Crippen LogP contribution < -0.4 is 5.73 Å². The molecule has 0 aromatic rings. The van der Waals surface area contributed by atoms with E-state index in [0.717, 1.165) is 32.3 Å².